The van der Waals surface area contributed by atoms with E-state index >= 15 is 0 Å². The molecule has 0 saturated heterocycles. The smallest absolute Gasteiger partial charge is 0.316 e. The summed E-state index contributed by atoms with van der Waals surface area (Å²) in [5, 5.41) is 12.5. The van der Waals surface area contributed by atoms with Gasteiger partial charge in [0, 0.05) is 18.4 Å². The molecule has 1 aromatic heterocycles. The van der Waals surface area contributed by atoms with E-state index in [1.54, 1.807) is 18.2 Å². The van der Waals surface area contributed by atoms with Crippen LogP contribution in [0.3, 0.4) is 0 Å². The van der Waals surface area contributed by atoms with E-state index in [9.17, 15) is 14.9 Å². The highest BCUT2D eigenvalue weighted by Gasteiger charge is 2.23. The van der Waals surface area contributed by atoms with Gasteiger partial charge in [-0.2, -0.15) is 0 Å². The van der Waals surface area contributed by atoms with Gasteiger partial charge in [-0.15, -0.1) is 0 Å². The van der Waals surface area contributed by atoms with Crippen molar-refractivity contribution in [1.82, 2.24) is 4.98 Å². The van der Waals surface area contributed by atoms with Crippen LogP contribution in [0, 0.1) is 10.1 Å². The van der Waals surface area contributed by atoms with E-state index in [1.165, 1.54) is 20.1 Å². The molecule has 0 N–H and O–H groups in total. The van der Waals surface area contributed by atoms with Crippen LogP contribution in [-0.4, -0.2) is 23.0 Å². The van der Waals surface area contributed by atoms with Gasteiger partial charge in [0.2, 0.25) is 5.75 Å². The molecule has 0 spiro atoms. The van der Waals surface area contributed by atoms with Crippen LogP contribution < -0.4 is 14.2 Å². The average molecular weight is 470 g/mol. The van der Waals surface area contributed by atoms with Crippen LogP contribution >= 0.6 is 0 Å². The van der Waals surface area contributed by atoms with Crippen molar-refractivity contribution in [3.63, 3.8) is 0 Å². The normalized spacial score (nSPS) is 10.9. The molecule has 4 rings (SSSR count). The number of aromatic nitrogens is 1. The standard InChI is InChI=1S/C27H22N2O6/c1-18(30)35-27-23(29(31)32)15-20(16-25(27)33-2)11-13-22-14-12-21-9-6-10-24(26(21)28-22)34-17-19-7-4-3-5-8-19/h3-16H,17H2,1-2H3. The molecule has 0 radical (unpaired) electrons. The molecule has 4 aromatic rings. The van der Waals surface area contributed by atoms with E-state index in [4.69, 9.17) is 19.2 Å². The number of esters is 1. The second-order valence-electron chi connectivity index (χ2n) is 7.59. The molecule has 0 atom stereocenters. The van der Waals surface area contributed by atoms with Gasteiger partial charge in [0.05, 0.1) is 17.7 Å². The van der Waals surface area contributed by atoms with Gasteiger partial charge < -0.3 is 14.2 Å². The van der Waals surface area contributed by atoms with Crippen LogP contribution in [0.4, 0.5) is 5.69 Å². The summed E-state index contributed by atoms with van der Waals surface area (Å²) in [6.45, 7) is 1.58. The zero-order valence-electron chi connectivity index (χ0n) is 19.1. The van der Waals surface area contributed by atoms with Crippen molar-refractivity contribution in [3.8, 4) is 17.2 Å². The zero-order chi connectivity index (χ0) is 24.8. The number of carbonyl (C=O) groups excluding carboxylic acids is 1. The van der Waals surface area contributed by atoms with Gasteiger partial charge in [-0.1, -0.05) is 54.6 Å². The van der Waals surface area contributed by atoms with Crippen molar-refractivity contribution in [2.24, 2.45) is 0 Å². The van der Waals surface area contributed by atoms with Crippen molar-refractivity contribution in [3.05, 3.63) is 99.7 Å². The number of hydrogen-bond acceptors (Lipinski definition) is 7. The van der Waals surface area contributed by atoms with E-state index in [2.05, 4.69) is 0 Å². The fraction of sp³-hybridized carbons (Fsp3) is 0.111. The third-order valence-electron chi connectivity index (χ3n) is 5.11. The second-order valence-corrected chi connectivity index (χ2v) is 7.59. The molecular formula is C27H22N2O6. The third-order valence-corrected chi connectivity index (χ3v) is 5.11. The first-order valence-corrected chi connectivity index (χ1v) is 10.7. The van der Waals surface area contributed by atoms with Crippen LogP contribution in [0.15, 0.2) is 72.8 Å². The van der Waals surface area contributed by atoms with Gasteiger partial charge >= 0.3 is 11.7 Å². The molecule has 0 aliphatic rings. The lowest BCUT2D eigenvalue weighted by Gasteiger charge is -2.10. The van der Waals surface area contributed by atoms with E-state index in [0.29, 0.717) is 29.1 Å². The molecule has 35 heavy (non-hydrogen) atoms. The summed E-state index contributed by atoms with van der Waals surface area (Å²) < 4.78 is 16.2. The van der Waals surface area contributed by atoms with Crippen molar-refractivity contribution < 1.29 is 23.9 Å². The van der Waals surface area contributed by atoms with Crippen LogP contribution in [0.1, 0.15) is 23.7 Å². The first-order valence-electron chi connectivity index (χ1n) is 10.7. The SMILES string of the molecule is COc1cc(C=Cc2ccc3cccc(OCc4ccccc4)c3n2)cc([N+](=O)[O-])c1OC(C)=O. The van der Waals surface area contributed by atoms with Crippen molar-refractivity contribution in [1.29, 1.82) is 0 Å². The number of para-hydroxylation sites is 1. The van der Waals surface area contributed by atoms with Gasteiger partial charge in [0.25, 0.3) is 0 Å². The third kappa shape index (κ3) is 5.62. The van der Waals surface area contributed by atoms with E-state index in [1.807, 2.05) is 60.7 Å². The number of rotatable bonds is 8. The summed E-state index contributed by atoms with van der Waals surface area (Å²) in [5.74, 6) is -0.173. The number of nitro benzene ring substituents is 1. The highest BCUT2D eigenvalue weighted by atomic mass is 16.6. The summed E-state index contributed by atoms with van der Waals surface area (Å²) >= 11 is 0. The Morgan fingerprint density at radius 1 is 1.00 bits per heavy atom. The molecule has 0 amide bonds. The molecule has 0 aliphatic carbocycles. The maximum absolute atomic E-state index is 11.6. The van der Waals surface area contributed by atoms with Crippen LogP contribution in [0.25, 0.3) is 23.1 Å². The summed E-state index contributed by atoms with van der Waals surface area (Å²) in [7, 11) is 1.35. The molecule has 0 aliphatic heterocycles. The topological polar surface area (TPSA) is 101 Å². The minimum absolute atomic E-state index is 0.0807. The summed E-state index contributed by atoms with van der Waals surface area (Å²) in [6.07, 6.45) is 3.41. The monoisotopic (exact) mass is 470 g/mol. The van der Waals surface area contributed by atoms with E-state index in [0.717, 1.165) is 10.9 Å². The number of ether oxygens (including phenoxy) is 3. The fourth-order valence-corrected chi connectivity index (χ4v) is 3.50. The average Bonchev–Trinajstić information content (AvgIpc) is 2.86. The number of nitrogens with zero attached hydrogens (tertiary/aromatic N) is 2. The maximum atomic E-state index is 11.6. The van der Waals surface area contributed by atoms with Gasteiger partial charge in [-0.3, -0.25) is 14.9 Å². The number of nitro groups is 1. The predicted octanol–water partition coefficient (Wildman–Crippen LogP) is 5.83. The first kappa shape index (κ1) is 23.4. The Labute approximate surface area is 201 Å². The quantitative estimate of drug-likeness (QED) is 0.138. The minimum Gasteiger partial charge on any atom is -0.493 e. The van der Waals surface area contributed by atoms with E-state index < -0.39 is 10.9 Å². The number of benzene rings is 3. The molecule has 0 saturated carbocycles. The summed E-state index contributed by atoms with van der Waals surface area (Å²) in [6, 6.07) is 22.2. The Morgan fingerprint density at radius 2 is 1.80 bits per heavy atom. The summed E-state index contributed by atoms with van der Waals surface area (Å²) in [5.41, 5.74) is 2.51. The lowest BCUT2D eigenvalue weighted by atomic mass is 10.1. The predicted molar refractivity (Wildman–Crippen MR) is 132 cm³/mol. The van der Waals surface area contributed by atoms with Crippen molar-refractivity contribution in [2.45, 2.75) is 13.5 Å². The van der Waals surface area contributed by atoms with Crippen LogP contribution in [0.5, 0.6) is 17.2 Å². The van der Waals surface area contributed by atoms with Crippen molar-refractivity contribution in [2.75, 3.05) is 7.11 Å². The first-order chi connectivity index (χ1) is 16.9. The van der Waals surface area contributed by atoms with Gasteiger partial charge in [0.1, 0.15) is 17.9 Å². The largest absolute Gasteiger partial charge is 0.493 e. The molecule has 0 fully saturated rings. The molecule has 0 unspecified atom stereocenters. The minimum atomic E-state index is -0.680. The highest BCUT2D eigenvalue weighted by molar-refractivity contribution is 5.86. The molecule has 176 valence electrons. The molecule has 3 aromatic carbocycles. The van der Waals surface area contributed by atoms with Gasteiger partial charge in [-0.05, 0) is 35.4 Å². The number of hydrogen-bond donors (Lipinski definition) is 0. The van der Waals surface area contributed by atoms with Gasteiger partial charge in [0.15, 0.2) is 5.75 Å². The van der Waals surface area contributed by atoms with Crippen molar-refractivity contribution >= 4 is 34.7 Å². The molecule has 0 bridgehead atoms. The second kappa shape index (κ2) is 10.5. The number of methoxy groups -OCH3 is 1. The fourth-order valence-electron chi connectivity index (χ4n) is 3.50. The zero-order valence-corrected chi connectivity index (χ0v) is 19.1. The summed E-state index contributed by atoms with van der Waals surface area (Å²) in [4.78, 5) is 27.0. The Morgan fingerprint density at radius 3 is 2.51 bits per heavy atom. The Kier molecular flexibility index (Phi) is 7.02. The Balaban J connectivity index is 1.64. The molecule has 8 nitrogen and oxygen atoms in total. The Bertz CT molecular complexity index is 1420. The number of fused-ring (bicyclic) bond motifs is 1. The maximum Gasteiger partial charge on any atom is 0.316 e. The van der Waals surface area contributed by atoms with E-state index in [-0.39, 0.29) is 17.2 Å². The van der Waals surface area contributed by atoms with Crippen LogP contribution in [0.2, 0.25) is 0 Å². The van der Waals surface area contributed by atoms with Gasteiger partial charge in [-0.25, -0.2) is 4.98 Å². The highest BCUT2D eigenvalue weighted by Crippen LogP contribution is 2.39. The van der Waals surface area contributed by atoms with Crippen LogP contribution in [-0.2, 0) is 11.4 Å². The lowest BCUT2D eigenvalue weighted by molar-refractivity contribution is -0.385. The molecule has 1 heterocycles. The molecule has 8 heteroatoms. The lowest BCUT2D eigenvalue weighted by Crippen LogP contribution is -2.06. The number of carbonyl (C=O) groups is 1. The Hall–Kier alpha value is -4.72. The molecular weight excluding hydrogens is 448 g/mol. The number of pyridine rings is 1.